The molecule has 0 bridgehead atoms. The van der Waals surface area contributed by atoms with Gasteiger partial charge in [0.15, 0.2) is 6.23 Å². The molecule has 1 aliphatic heterocycles. The van der Waals surface area contributed by atoms with Gasteiger partial charge in [-0.05, 0) is 13.0 Å². The molecule has 0 radical (unpaired) electrons. The molecule has 1 heterocycles. The topological polar surface area (TPSA) is 125 Å². The summed E-state index contributed by atoms with van der Waals surface area (Å²) in [6.07, 6.45) is -4.27. The maximum atomic E-state index is 10.9. The number of hydrogen-bond donors (Lipinski definition) is 4. The molecular formula is C12H16N2O6. The fraction of sp³-hybridized carbons (Fsp3) is 0.500. The second kappa shape index (κ2) is 5.71. The van der Waals surface area contributed by atoms with E-state index in [1.165, 1.54) is 6.07 Å². The number of rotatable bonds is 4. The third-order valence-electron chi connectivity index (χ3n) is 3.26. The van der Waals surface area contributed by atoms with Gasteiger partial charge in [0.2, 0.25) is 0 Å². The van der Waals surface area contributed by atoms with Gasteiger partial charge in [-0.25, -0.2) is 0 Å². The van der Waals surface area contributed by atoms with Crippen LogP contribution in [0, 0.1) is 17.0 Å². The van der Waals surface area contributed by atoms with Crippen LogP contribution in [-0.2, 0) is 4.74 Å². The standard InChI is InChI=1S/C12H16N2O6/c1-6-2-3-7(4-8(6)14(18)19)13-12-11(17)10(16)9(5-15)20-12/h2-4,9-13,15-17H,5H2,1H3. The van der Waals surface area contributed by atoms with E-state index in [0.29, 0.717) is 11.3 Å². The van der Waals surface area contributed by atoms with Crippen molar-refractivity contribution in [3.8, 4) is 0 Å². The van der Waals surface area contributed by atoms with Crippen molar-refractivity contribution in [3.63, 3.8) is 0 Å². The summed E-state index contributed by atoms with van der Waals surface area (Å²) in [6, 6.07) is 4.50. The first kappa shape index (κ1) is 14.7. The minimum atomic E-state index is -1.23. The molecule has 1 fully saturated rings. The molecule has 20 heavy (non-hydrogen) atoms. The highest BCUT2D eigenvalue weighted by molar-refractivity contribution is 5.55. The maximum Gasteiger partial charge on any atom is 0.274 e. The van der Waals surface area contributed by atoms with Crippen molar-refractivity contribution < 1.29 is 25.0 Å². The number of benzene rings is 1. The van der Waals surface area contributed by atoms with Gasteiger partial charge in [-0.1, -0.05) is 6.07 Å². The van der Waals surface area contributed by atoms with Crippen LogP contribution < -0.4 is 5.32 Å². The van der Waals surface area contributed by atoms with Crippen molar-refractivity contribution in [2.45, 2.75) is 31.5 Å². The van der Waals surface area contributed by atoms with E-state index in [1.807, 2.05) is 0 Å². The summed E-state index contributed by atoms with van der Waals surface area (Å²) in [5, 5.41) is 42.0. The van der Waals surface area contributed by atoms with Crippen LogP contribution in [0.1, 0.15) is 5.56 Å². The number of nitro groups is 1. The normalized spacial score (nSPS) is 29.4. The molecule has 4 atom stereocenters. The summed E-state index contributed by atoms with van der Waals surface area (Å²) < 4.78 is 5.24. The highest BCUT2D eigenvalue weighted by atomic mass is 16.6. The van der Waals surface area contributed by atoms with Crippen molar-refractivity contribution in [2.75, 3.05) is 11.9 Å². The summed E-state index contributed by atoms with van der Waals surface area (Å²) in [4.78, 5) is 10.3. The first-order valence-corrected chi connectivity index (χ1v) is 6.08. The van der Waals surface area contributed by atoms with Gasteiger partial charge in [0.1, 0.15) is 18.3 Å². The lowest BCUT2D eigenvalue weighted by Crippen LogP contribution is -2.36. The van der Waals surface area contributed by atoms with Crippen LogP contribution in [0.15, 0.2) is 18.2 Å². The first-order chi connectivity index (χ1) is 9.43. The first-order valence-electron chi connectivity index (χ1n) is 6.08. The summed E-state index contributed by atoms with van der Waals surface area (Å²) in [5.41, 5.74) is 0.848. The van der Waals surface area contributed by atoms with Gasteiger partial charge in [-0.2, -0.15) is 0 Å². The quantitative estimate of drug-likeness (QED) is 0.444. The van der Waals surface area contributed by atoms with E-state index in [2.05, 4.69) is 5.32 Å². The zero-order valence-electron chi connectivity index (χ0n) is 10.8. The zero-order valence-corrected chi connectivity index (χ0v) is 10.8. The number of nitrogens with zero attached hydrogens (tertiary/aromatic N) is 1. The molecule has 110 valence electrons. The van der Waals surface area contributed by atoms with Gasteiger partial charge < -0.3 is 25.4 Å². The fourth-order valence-corrected chi connectivity index (χ4v) is 2.08. The van der Waals surface area contributed by atoms with Crippen molar-refractivity contribution in [2.24, 2.45) is 0 Å². The third kappa shape index (κ3) is 2.73. The number of nitrogens with one attached hydrogen (secondary N) is 1. The van der Waals surface area contributed by atoms with Crippen molar-refractivity contribution in [3.05, 3.63) is 33.9 Å². The van der Waals surface area contributed by atoms with E-state index in [0.717, 1.165) is 0 Å². The van der Waals surface area contributed by atoms with Crippen molar-refractivity contribution in [1.82, 2.24) is 0 Å². The zero-order chi connectivity index (χ0) is 14.9. The van der Waals surface area contributed by atoms with Crippen LogP contribution in [-0.4, -0.2) is 51.4 Å². The third-order valence-corrected chi connectivity index (χ3v) is 3.26. The number of nitro benzene ring substituents is 1. The Morgan fingerprint density at radius 1 is 1.40 bits per heavy atom. The van der Waals surface area contributed by atoms with Gasteiger partial charge in [-0.3, -0.25) is 10.1 Å². The number of anilines is 1. The molecule has 4 unspecified atom stereocenters. The molecule has 0 aromatic heterocycles. The molecular weight excluding hydrogens is 268 g/mol. The van der Waals surface area contributed by atoms with E-state index < -0.39 is 36.1 Å². The van der Waals surface area contributed by atoms with Crippen molar-refractivity contribution >= 4 is 11.4 Å². The van der Waals surface area contributed by atoms with E-state index >= 15 is 0 Å². The van der Waals surface area contributed by atoms with Gasteiger partial charge in [0.05, 0.1) is 11.5 Å². The lowest BCUT2D eigenvalue weighted by atomic mass is 10.1. The number of ether oxygens (including phenoxy) is 1. The Labute approximate surface area is 114 Å². The van der Waals surface area contributed by atoms with Gasteiger partial charge >= 0.3 is 0 Å². The van der Waals surface area contributed by atoms with Crippen molar-refractivity contribution in [1.29, 1.82) is 0 Å². The Kier molecular flexibility index (Phi) is 4.19. The van der Waals surface area contributed by atoms with Crippen LogP contribution in [0.3, 0.4) is 0 Å². The highest BCUT2D eigenvalue weighted by Gasteiger charge is 2.42. The Balaban J connectivity index is 2.15. The number of aliphatic hydroxyl groups is 3. The molecule has 1 aliphatic rings. The molecule has 8 heteroatoms. The lowest BCUT2D eigenvalue weighted by molar-refractivity contribution is -0.385. The Morgan fingerprint density at radius 3 is 2.65 bits per heavy atom. The molecule has 1 aromatic carbocycles. The SMILES string of the molecule is Cc1ccc(NC2OC(CO)C(O)C2O)cc1[N+](=O)[O-]. The molecule has 1 saturated heterocycles. The highest BCUT2D eigenvalue weighted by Crippen LogP contribution is 2.26. The lowest BCUT2D eigenvalue weighted by Gasteiger charge is -2.17. The van der Waals surface area contributed by atoms with Gasteiger partial charge in [0, 0.05) is 17.3 Å². The predicted molar refractivity (Wildman–Crippen MR) is 69.2 cm³/mol. The average Bonchev–Trinajstić information content (AvgIpc) is 2.68. The van der Waals surface area contributed by atoms with E-state index in [-0.39, 0.29) is 5.69 Å². The van der Waals surface area contributed by atoms with E-state index in [9.17, 15) is 20.3 Å². The Morgan fingerprint density at radius 2 is 2.10 bits per heavy atom. The largest absolute Gasteiger partial charge is 0.394 e. The summed E-state index contributed by atoms with van der Waals surface area (Å²) in [7, 11) is 0. The predicted octanol–water partition coefficient (Wildman–Crippen LogP) is -0.246. The van der Waals surface area contributed by atoms with Crippen LogP contribution in [0.25, 0.3) is 0 Å². The monoisotopic (exact) mass is 284 g/mol. The van der Waals surface area contributed by atoms with E-state index in [4.69, 9.17) is 9.84 Å². The van der Waals surface area contributed by atoms with Crippen LogP contribution in [0.5, 0.6) is 0 Å². The minimum absolute atomic E-state index is 0.0539. The van der Waals surface area contributed by atoms with Crippen LogP contribution in [0.4, 0.5) is 11.4 Å². The van der Waals surface area contributed by atoms with Crippen LogP contribution >= 0.6 is 0 Å². The minimum Gasteiger partial charge on any atom is -0.394 e. The number of aliphatic hydroxyl groups excluding tert-OH is 3. The summed E-state index contributed by atoms with van der Waals surface area (Å²) in [5.74, 6) is 0. The molecule has 8 nitrogen and oxygen atoms in total. The number of aryl methyl sites for hydroxylation is 1. The summed E-state index contributed by atoms with van der Waals surface area (Å²) in [6.45, 7) is 1.19. The molecule has 0 amide bonds. The van der Waals surface area contributed by atoms with Gasteiger partial charge in [0.25, 0.3) is 5.69 Å². The van der Waals surface area contributed by atoms with Crippen LogP contribution in [0.2, 0.25) is 0 Å². The maximum absolute atomic E-state index is 10.9. The van der Waals surface area contributed by atoms with E-state index in [1.54, 1.807) is 19.1 Å². The molecule has 4 N–H and O–H groups in total. The molecule has 1 aromatic rings. The fourth-order valence-electron chi connectivity index (χ4n) is 2.08. The molecule has 0 saturated carbocycles. The van der Waals surface area contributed by atoms with Gasteiger partial charge in [-0.15, -0.1) is 0 Å². The smallest absolute Gasteiger partial charge is 0.274 e. The number of hydrogen-bond acceptors (Lipinski definition) is 7. The molecule has 2 rings (SSSR count). The summed E-state index contributed by atoms with van der Waals surface area (Å²) >= 11 is 0. The molecule has 0 aliphatic carbocycles. The molecule has 0 spiro atoms. The Bertz CT molecular complexity index is 509. The average molecular weight is 284 g/mol. The second-order valence-corrected chi connectivity index (χ2v) is 4.66. The Hall–Kier alpha value is -1.74. The second-order valence-electron chi connectivity index (χ2n) is 4.66.